The molecular weight excluding hydrogens is 542 g/mol. The number of aromatic nitrogens is 5. The lowest BCUT2D eigenvalue weighted by Gasteiger charge is -2.31. The van der Waals surface area contributed by atoms with Gasteiger partial charge in [-0.3, -0.25) is 14.6 Å². The molecule has 1 fully saturated rings. The van der Waals surface area contributed by atoms with Crippen molar-refractivity contribution >= 4 is 52.2 Å². The monoisotopic (exact) mass is 571 g/mol. The number of amides is 2. The highest BCUT2D eigenvalue weighted by molar-refractivity contribution is 6.32. The number of benzene rings is 1. The van der Waals surface area contributed by atoms with Crippen LogP contribution in [0.4, 0.5) is 28.8 Å². The lowest BCUT2D eigenvalue weighted by atomic mass is 9.93. The summed E-state index contributed by atoms with van der Waals surface area (Å²) in [6.07, 6.45) is 11.7. The zero-order chi connectivity index (χ0) is 28.3. The van der Waals surface area contributed by atoms with E-state index in [1.165, 1.54) is 0 Å². The average molecular weight is 572 g/mol. The van der Waals surface area contributed by atoms with E-state index in [-0.39, 0.29) is 17.7 Å². The highest BCUT2D eigenvalue weighted by Crippen LogP contribution is 2.30. The fourth-order valence-corrected chi connectivity index (χ4v) is 5.42. The summed E-state index contributed by atoms with van der Waals surface area (Å²) < 4.78 is 1.73. The van der Waals surface area contributed by atoms with E-state index in [0.717, 1.165) is 47.5 Å². The summed E-state index contributed by atoms with van der Waals surface area (Å²) in [6, 6.07) is 7.84. The summed E-state index contributed by atoms with van der Waals surface area (Å²) in [4.78, 5) is 45.0. The van der Waals surface area contributed by atoms with Crippen LogP contribution in [0.2, 0.25) is 5.02 Å². The van der Waals surface area contributed by atoms with Crippen LogP contribution in [0.5, 0.6) is 0 Å². The number of piperidine rings is 1. The van der Waals surface area contributed by atoms with Crippen molar-refractivity contribution in [2.75, 3.05) is 29.0 Å². The second kappa shape index (κ2) is 11.5. The van der Waals surface area contributed by atoms with Crippen LogP contribution in [-0.2, 0) is 24.7 Å². The smallest absolute Gasteiger partial charge is 0.272 e. The van der Waals surface area contributed by atoms with Crippen molar-refractivity contribution in [2.24, 2.45) is 13.0 Å². The van der Waals surface area contributed by atoms with E-state index in [4.69, 9.17) is 11.6 Å². The zero-order valence-corrected chi connectivity index (χ0v) is 23.4. The molecule has 2 amide bonds. The van der Waals surface area contributed by atoms with Crippen LogP contribution in [0.3, 0.4) is 0 Å². The first kappa shape index (κ1) is 26.7. The summed E-state index contributed by atoms with van der Waals surface area (Å²) in [6.45, 7) is 1.26. The Bertz CT molecular complexity index is 1600. The number of anilines is 5. The first-order valence-electron chi connectivity index (χ1n) is 13.6. The van der Waals surface area contributed by atoms with Crippen molar-refractivity contribution < 1.29 is 9.59 Å². The number of hydrogen-bond donors (Lipinski definition) is 3. The molecule has 12 heteroatoms. The Balaban J connectivity index is 1.14. The van der Waals surface area contributed by atoms with Gasteiger partial charge in [0.05, 0.1) is 30.6 Å². The van der Waals surface area contributed by atoms with Crippen molar-refractivity contribution in [2.45, 2.75) is 32.1 Å². The Morgan fingerprint density at radius 1 is 1.02 bits per heavy atom. The summed E-state index contributed by atoms with van der Waals surface area (Å²) in [5.41, 5.74) is 4.97. The molecule has 5 heterocycles. The lowest BCUT2D eigenvalue weighted by Crippen LogP contribution is -2.39. The van der Waals surface area contributed by atoms with Gasteiger partial charge >= 0.3 is 0 Å². The zero-order valence-electron chi connectivity index (χ0n) is 22.6. The van der Waals surface area contributed by atoms with Crippen LogP contribution in [0.25, 0.3) is 0 Å². The van der Waals surface area contributed by atoms with Crippen molar-refractivity contribution in [3.8, 4) is 0 Å². The van der Waals surface area contributed by atoms with Crippen LogP contribution < -0.4 is 16.0 Å². The standard InChI is InChI=1S/C29H30ClN9O2/c1-38-17-32-16-25(38)28(41)39-8-6-18(7-9-39)11-26(40)36-24-5-4-21-12-20(24)3-2-19-10-22(14-31-13-19)35-29-33-15-23(30)27(34-21)37-29/h4-5,10,12-18H,2-3,6-9,11H2,1H3,(H,36,40)(H2,33,34,35,37). The van der Waals surface area contributed by atoms with Gasteiger partial charge in [0.15, 0.2) is 5.82 Å². The molecule has 6 rings (SSSR count). The van der Waals surface area contributed by atoms with E-state index >= 15 is 0 Å². The second-order valence-corrected chi connectivity index (χ2v) is 10.9. The van der Waals surface area contributed by atoms with Crippen LogP contribution >= 0.6 is 11.6 Å². The maximum atomic E-state index is 13.2. The molecule has 210 valence electrons. The highest BCUT2D eigenvalue weighted by atomic mass is 35.5. The SMILES string of the molecule is Cn1cncc1C(=O)N1CCC(CC(=O)Nc2ccc3cc2CCc2cncc(c2)Nc2ncc(Cl)c(n2)N3)CC1. The molecule has 0 radical (unpaired) electrons. The van der Waals surface area contributed by atoms with E-state index < -0.39 is 0 Å². The molecule has 0 unspecified atom stereocenters. The number of hydrogen-bond acceptors (Lipinski definition) is 8. The minimum atomic E-state index is -0.0300. The minimum absolute atomic E-state index is 0.0161. The molecule has 2 aliphatic heterocycles. The molecule has 3 aromatic heterocycles. The van der Waals surface area contributed by atoms with Crippen LogP contribution in [0, 0.1) is 5.92 Å². The fourth-order valence-electron chi connectivity index (χ4n) is 5.28. The van der Waals surface area contributed by atoms with Gasteiger partial charge in [-0.15, -0.1) is 0 Å². The van der Waals surface area contributed by atoms with Crippen LogP contribution in [-0.4, -0.2) is 54.3 Å². The summed E-state index contributed by atoms with van der Waals surface area (Å²) in [7, 11) is 1.82. The van der Waals surface area contributed by atoms with E-state index in [0.29, 0.717) is 48.4 Å². The van der Waals surface area contributed by atoms with E-state index in [2.05, 4.69) is 35.9 Å². The molecule has 6 bridgehead atoms. The number of nitrogens with one attached hydrogen (secondary N) is 3. The third-order valence-electron chi connectivity index (χ3n) is 7.53. The molecule has 1 saturated heterocycles. The second-order valence-electron chi connectivity index (χ2n) is 10.5. The van der Waals surface area contributed by atoms with Gasteiger partial charge in [-0.1, -0.05) is 11.6 Å². The van der Waals surface area contributed by atoms with Crippen molar-refractivity contribution in [1.29, 1.82) is 0 Å². The van der Waals surface area contributed by atoms with Crippen molar-refractivity contribution in [3.05, 3.63) is 77.2 Å². The van der Waals surface area contributed by atoms with Gasteiger partial charge in [-0.2, -0.15) is 4.98 Å². The van der Waals surface area contributed by atoms with E-state index in [1.54, 1.807) is 29.5 Å². The quantitative estimate of drug-likeness (QED) is 0.321. The van der Waals surface area contributed by atoms with Gasteiger partial charge in [0.25, 0.3) is 5.91 Å². The van der Waals surface area contributed by atoms with Crippen LogP contribution in [0.15, 0.2) is 55.4 Å². The Hall–Kier alpha value is -4.51. The number of nitrogens with zero attached hydrogens (tertiary/aromatic N) is 6. The first-order chi connectivity index (χ1) is 19.9. The Labute approximate surface area is 242 Å². The third kappa shape index (κ3) is 6.14. The number of carbonyl (C=O) groups excluding carboxylic acids is 2. The van der Waals surface area contributed by atoms with Gasteiger partial charge in [0, 0.05) is 44.1 Å². The Morgan fingerprint density at radius 3 is 2.68 bits per heavy atom. The lowest BCUT2D eigenvalue weighted by molar-refractivity contribution is -0.117. The Kier molecular flexibility index (Phi) is 7.51. The number of likely N-dealkylation sites (tertiary alicyclic amines) is 1. The minimum Gasteiger partial charge on any atom is -0.339 e. The maximum Gasteiger partial charge on any atom is 0.272 e. The summed E-state index contributed by atoms with van der Waals surface area (Å²) in [5.74, 6) is 1.05. The molecule has 1 aromatic carbocycles. The topological polar surface area (TPSA) is 130 Å². The van der Waals surface area contributed by atoms with Gasteiger partial charge in [0.2, 0.25) is 11.9 Å². The molecule has 41 heavy (non-hydrogen) atoms. The van der Waals surface area contributed by atoms with Crippen molar-refractivity contribution in [3.63, 3.8) is 0 Å². The number of imidazole rings is 1. The number of halogens is 1. The molecule has 0 atom stereocenters. The largest absolute Gasteiger partial charge is 0.339 e. The summed E-state index contributed by atoms with van der Waals surface area (Å²) in [5, 5.41) is 10.0. The number of pyridine rings is 1. The average Bonchev–Trinajstić information content (AvgIpc) is 3.40. The molecular formula is C29H30ClN9O2. The number of carbonyl (C=O) groups is 2. The first-order valence-corrected chi connectivity index (χ1v) is 14.0. The predicted octanol–water partition coefficient (Wildman–Crippen LogP) is 4.73. The number of fused-ring (bicyclic) bond motifs is 6. The molecule has 0 spiro atoms. The van der Waals surface area contributed by atoms with Crippen LogP contribution in [0.1, 0.15) is 40.9 Å². The maximum absolute atomic E-state index is 13.2. The fraction of sp³-hybridized carbons (Fsp3) is 0.310. The van der Waals surface area contributed by atoms with Gasteiger partial charge < -0.3 is 25.4 Å². The summed E-state index contributed by atoms with van der Waals surface area (Å²) >= 11 is 6.37. The van der Waals surface area contributed by atoms with Crippen molar-refractivity contribution in [1.82, 2.24) is 29.4 Å². The molecule has 4 aromatic rings. The van der Waals surface area contributed by atoms with E-state index in [1.807, 2.05) is 42.4 Å². The predicted molar refractivity (Wildman–Crippen MR) is 157 cm³/mol. The molecule has 0 aliphatic carbocycles. The molecule has 2 aliphatic rings. The number of aryl methyl sites for hydroxylation is 3. The molecule has 3 N–H and O–H groups in total. The highest BCUT2D eigenvalue weighted by Gasteiger charge is 2.26. The third-order valence-corrected chi connectivity index (χ3v) is 7.81. The Morgan fingerprint density at radius 2 is 1.88 bits per heavy atom. The number of rotatable bonds is 4. The molecule has 11 nitrogen and oxygen atoms in total. The van der Waals surface area contributed by atoms with Gasteiger partial charge in [-0.25, -0.2) is 9.97 Å². The normalized spacial score (nSPS) is 15.0. The van der Waals surface area contributed by atoms with Gasteiger partial charge in [-0.05, 0) is 67.0 Å². The van der Waals surface area contributed by atoms with Gasteiger partial charge in [0.1, 0.15) is 10.7 Å². The molecule has 0 saturated carbocycles. The van der Waals surface area contributed by atoms with E-state index in [9.17, 15) is 9.59 Å².